The third-order valence-electron chi connectivity index (χ3n) is 2.97. The van der Waals surface area contributed by atoms with Gasteiger partial charge in [0.15, 0.2) is 5.69 Å². The van der Waals surface area contributed by atoms with Crippen LogP contribution in [0.15, 0.2) is 4.42 Å². The number of oxazole rings is 1. The number of nitrogens with zero attached hydrogens (tertiary/aromatic N) is 2. The summed E-state index contributed by atoms with van der Waals surface area (Å²) in [5, 5.41) is 0. The van der Waals surface area contributed by atoms with Gasteiger partial charge in [0.05, 0.1) is 6.61 Å². The van der Waals surface area contributed by atoms with E-state index in [1.54, 1.807) is 4.90 Å². The molecule has 0 spiro atoms. The topological polar surface area (TPSA) is 55.6 Å². The molecule has 0 radical (unpaired) electrons. The highest BCUT2D eigenvalue weighted by molar-refractivity contribution is 5.88. The fourth-order valence-electron chi connectivity index (χ4n) is 2.06. The molecule has 0 aromatic carbocycles. The highest BCUT2D eigenvalue weighted by atomic mass is 19.4. The molecule has 2 heterocycles. The van der Waals surface area contributed by atoms with Crippen molar-refractivity contribution < 1.29 is 27.1 Å². The molecule has 1 fully saturated rings. The summed E-state index contributed by atoms with van der Waals surface area (Å²) in [6.45, 7) is 2.61. The first-order valence-electron chi connectivity index (χ1n) is 6.43. The minimum Gasteiger partial charge on any atom is -0.460 e. The normalized spacial score (nSPS) is 16.3. The number of carbonyl (C=O) groups excluding carboxylic acids is 1. The smallest absolute Gasteiger partial charge is 0.437 e. The van der Waals surface area contributed by atoms with Crippen molar-refractivity contribution in [3.8, 4) is 0 Å². The van der Waals surface area contributed by atoms with Crippen molar-refractivity contribution in [2.24, 2.45) is 0 Å². The second-order valence-corrected chi connectivity index (χ2v) is 4.44. The first kappa shape index (κ1) is 14.7. The van der Waals surface area contributed by atoms with Crippen molar-refractivity contribution in [2.45, 2.75) is 32.4 Å². The Hall–Kier alpha value is -1.73. The van der Waals surface area contributed by atoms with E-state index >= 15 is 0 Å². The summed E-state index contributed by atoms with van der Waals surface area (Å²) in [4.78, 5) is 16.6. The Labute approximate surface area is 113 Å². The lowest BCUT2D eigenvalue weighted by Crippen LogP contribution is -2.29. The predicted octanol–water partition coefficient (Wildman–Crippen LogP) is 2.86. The number of alkyl halides is 3. The highest BCUT2D eigenvalue weighted by Gasteiger charge is 2.42. The molecule has 0 unspecified atom stereocenters. The lowest BCUT2D eigenvalue weighted by molar-refractivity contribution is -0.141. The number of hydrogen-bond acceptors (Lipinski definition) is 5. The van der Waals surface area contributed by atoms with Crippen LogP contribution in [0.2, 0.25) is 0 Å². The van der Waals surface area contributed by atoms with Crippen LogP contribution < -0.4 is 4.90 Å². The molecular weight excluding hydrogens is 277 g/mol. The van der Waals surface area contributed by atoms with Gasteiger partial charge in [0.2, 0.25) is 5.76 Å². The first-order valence-corrected chi connectivity index (χ1v) is 6.43. The van der Waals surface area contributed by atoms with Crippen LogP contribution >= 0.6 is 0 Å². The molecule has 20 heavy (non-hydrogen) atoms. The van der Waals surface area contributed by atoms with Crippen LogP contribution in [-0.2, 0) is 10.9 Å². The van der Waals surface area contributed by atoms with E-state index < -0.39 is 23.6 Å². The molecule has 0 saturated carbocycles. The molecule has 0 atom stereocenters. The van der Waals surface area contributed by atoms with E-state index in [9.17, 15) is 18.0 Å². The number of hydrogen-bond donors (Lipinski definition) is 0. The third kappa shape index (κ3) is 3.05. The van der Waals surface area contributed by atoms with Gasteiger partial charge in [0.1, 0.15) is 0 Å². The summed E-state index contributed by atoms with van der Waals surface area (Å²) < 4.78 is 48.2. The minimum atomic E-state index is -4.75. The Kier molecular flexibility index (Phi) is 4.20. The van der Waals surface area contributed by atoms with Crippen LogP contribution in [0.1, 0.15) is 42.4 Å². The second-order valence-electron chi connectivity index (χ2n) is 4.44. The summed E-state index contributed by atoms with van der Waals surface area (Å²) in [5.74, 6) is -2.02. The van der Waals surface area contributed by atoms with Crippen LogP contribution in [0.25, 0.3) is 0 Å². The monoisotopic (exact) mass is 292 g/mol. The van der Waals surface area contributed by atoms with Crippen molar-refractivity contribution in [3.05, 3.63) is 11.5 Å². The Morgan fingerprint density at radius 1 is 1.35 bits per heavy atom. The quantitative estimate of drug-likeness (QED) is 0.802. The minimum absolute atomic E-state index is 0.0319. The first-order chi connectivity index (χ1) is 9.43. The molecule has 0 aliphatic carbocycles. The average molecular weight is 292 g/mol. The fourth-order valence-corrected chi connectivity index (χ4v) is 2.06. The molecule has 0 bridgehead atoms. The zero-order valence-corrected chi connectivity index (χ0v) is 11.0. The van der Waals surface area contributed by atoms with Crippen LogP contribution in [0.4, 0.5) is 19.2 Å². The zero-order valence-electron chi connectivity index (χ0n) is 11.0. The van der Waals surface area contributed by atoms with Gasteiger partial charge in [-0.3, -0.25) is 0 Å². The second kappa shape index (κ2) is 5.72. The van der Waals surface area contributed by atoms with Crippen LogP contribution in [-0.4, -0.2) is 30.6 Å². The molecule has 1 saturated heterocycles. The van der Waals surface area contributed by atoms with E-state index in [4.69, 9.17) is 4.42 Å². The standard InChI is InChI=1S/C12H15F3N2O3/c1-2-19-10(18)8-9(12(13,14)15)16-11(20-8)17-6-4-3-5-7-17/h2-7H2,1H3. The molecule has 112 valence electrons. The largest absolute Gasteiger partial charge is 0.460 e. The van der Waals surface area contributed by atoms with Gasteiger partial charge in [-0.05, 0) is 26.2 Å². The molecule has 1 aromatic rings. The molecule has 5 nitrogen and oxygen atoms in total. The Bertz CT molecular complexity index is 479. The Morgan fingerprint density at radius 2 is 2.00 bits per heavy atom. The van der Waals surface area contributed by atoms with Gasteiger partial charge in [-0.15, -0.1) is 0 Å². The zero-order chi connectivity index (χ0) is 14.8. The maximum Gasteiger partial charge on any atom is 0.437 e. The molecular formula is C12H15F3N2O3. The van der Waals surface area contributed by atoms with Crippen molar-refractivity contribution in [1.82, 2.24) is 4.98 Å². The average Bonchev–Trinajstić information content (AvgIpc) is 2.85. The number of halogens is 3. The maximum absolute atomic E-state index is 12.9. The molecule has 8 heteroatoms. The van der Waals surface area contributed by atoms with E-state index in [2.05, 4.69) is 9.72 Å². The van der Waals surface area contributed by atoms with E-state index in [0.29, 0.717) is 13.1 Å². The molecule has 0 N–H and O–H groups in total. The van der Waals surface area contributed by atoms with Crippen LogP contribution in [0.3, 0.4) is 0 Å². The number of carbonyl (C=O) groups is 1. The number of aromatic nitrogens is 1. The highest BCUT2D eigenvalue weighted by Crippen LogP contribution is 2.34. The molecule has 1 aliphatic rings. The Morgan fingerprint density at radius 3 is 2.55 bits per heavy atom. The van der Waals surface area contributed by atoms with Gasteiger partial charge >= 0.3 is 12.1 Å². The number of ether oxygens (including phenoxy) is 1. The van der Waals surface area contributed by atoms with Gasteiger partial charge < -0.3 is 14.1 Å². The maximum atomic E-state index is 12.9. The molecule has 1 aromatic heterocycles. The molecule has 2 rings (SSSR count). The predicted molar refractivity (Wildman–Crippen MR) is 63.5 cm³/mol. The lowest BCUT2D eigenvalue weighted by atomic mass is 10.1. The summed E-state index contributed by atoms with van der Waals surface area (Å²) >= 11 is 0. The Balaban J connectivity index is 2.33. The van der Waals surface area contributed by atoms with Crippen molar-refractivity contribution in [1.29, 1.82) is 0 Å². The number of rotatable bonds is 3. The van der Waals surface area contributed by atoms with E-state index in [0.717, 1.165) is 19.3 Å². The van der Waals surface area contributed by atoms with Gasteiger partial charge in [-0.1, -0.05) is 0 Å². The van der Waals surface area contributed by atoms with Gasteiger partial charge in [-0.2, -0.15) is 18.2 Å². The number of piperidine rings is 1. The number of anilines is 1. The fraction of sp³-hybridized carbons (Fsp3) is 0.667. The van der Waals surface area contributed by atoms with Crippen LogP contribution in [0, 0.1) is 0 Å². The summed E-state index contributed by atoms with van der Waals surface area (Å²) in [7, 11) is 0. The van der Waals surface area contributed by atoms with Gasteiger partial charge in [-0.25, -0.2) is 4.79 Å². The van der Waals surface area contributed by atoms with Crippen molar-refractivity contribution in [3.63, 3.8) is 0 Å². The van der Waals surface area contributed by atoms with Gasteiger partial charge in [0.25, 0.3) is 6.01 Å². The summed E-state index contributed by atoms with van der Waals surface area (Å²) in [5.41, 5.74) is -1.32. The molecule has 1 aliphatic heterocycles. The van der Waals surface area contributed by atoms with Crippen molar-refractivity contribution >= 4 is 12.0 Å². The van der Waals surface area contributed by atoms with E-state index in [1.165, 1.54) is 6.92 Å². The third-order valence-corrected chi connectivity index (χ3v) is 2.97. The van der Waals surface area contributed by atoms with E-state index in [-0.39, 0.29) is 12.6 Å². The summed E-state index contributed by atoms with van der Waals surface area (Å²) in [6.07, 6.45) is -2.01. The van der Waals surface area contributed by atoms with Gasteiger partial charge in [0, 0.05) is 13.1 Å². The number of esters is 1. The SMILES string of the molecule is CCOC(=O)c1oc(N2CCCCC2)nc1C(F)(F)F. The van der Waals surface area contributed by atoms with E-state index in [1.807, 2.05) is 0 Å². The van der Waals surface area contributed by atoms with Crippen molar-refractivity contribution in [2.75, 3.05) is 24.6 Å². The lowest BCUT2D eigenvalue weighted by Gasteiger charge is -2.24. The molecule has 0 amide bonds. The summed E-state index contributed by atoms with van der Waals surface area (Å²) in [6, 6.07) is -0.167. The van der Waals surface area contributed by atoms with Crippen LogP contribution in [0.5, 0.6) is 0 Å².